The molecular weight excluding hydrogens is 132 g/mol. The van der Waals surface area contributed by atoms with Gasteiger partial charge in [0.05, 0.1) is 0 Å². The third-order valence-corrected chi connectivity index (χ3v) is 1.39. The first-order chi connectivity index (χ1) is 5.22. The van der Waals surface area contributed by atoms with Crippen molar-refractivity contribution in [2.75, 3.05) is 0 Å². The molecule has 0 spiro atoms. The van der Waals surface area contributed by atoms with Gasteiger partial charge in [0.1, 0.15) is 0 Å². The van der Waals surface area contributed by atoms with Crippen molar-refractivity contribution in [2.24, 2.45) is 5.92 Å². The molecule has 0 heteroatoms. The van der Waals surface area contributed by atoms with E-state index in [9.17, 15) is 0 Å². The van der Waals surface area contributed by atoms with E-state index in [1.54, 1.807) is 0 Å². The Kier molecular flexibility index (Phi) is 34.8. The lowest BCUT2D eigenvalue weighted by atomic mass is 10.1. The molecule has 0 heterocycles. The molecule has 0 nitrogen and oxygen atoms in total. The van der Waals surface area contributed by atoms with Gasteiger partial charge in [0, 0.05) is 0 Å². The van der Waals surface area contributed by atoms with Crippen molar-refractivity contribution in [1.29, 1.82) is 0 Å². The van der Waals surface area contributed by atoms with Crippen LogP contribution in [0.3, 0.4) is 0 Å². The Bertz CT molecular complexity index is 62.1. The normalized spacial score (nSPS) is 6.73. The van der Waals surface area contributed by atoms with Gasteiger partial charge in [0.25, 0.3) is 0 Å². The molecule has 0 aromatic heterocycles. The average molecular weight is 156 g/mol. The molecule has 0 aliphatic heterocycles. The first-order valence-electron chi connectivity index (χ1n) is 4.52. The Hall–Kier alpha value is -0.480. The Morgan fingerprint density at radius 2 is 1.27 bits per heavy atom. The second kappa shape index (κ2) is 22.7. The molecule has 0 bridgehead atoms. The van der Waals surface area contributed by atoms with Crippen molar-refractivity contribution in [3.05, 3.63) is 18.9 Å². The quantitative estimate of drug-likeness (QED) is 0.519. The van der Waals surface area contributed by atoms with E-state index in [2.05, 4.69) is 39.7 Å². The number of rotatable bonds is 2. The number of hydrogen-bond donors (Lipinski definition) is 0. The molecule has 0 fully saturated rings. The molecule has 0 aromatic rings. The second-order valence-corrected chi connectivity index (χ2v) is 2.17. The minimum absolute atomic E-state index is 0.935. The molecule has 0 aromatic carbocycles. The summed E-state index contributed by atoms with van der Waals surface area (Å²) < 4.78 is 0. The fourth-order valence-corrected chi connectivity index (χ4v) is 0.289. The van der Waals surface area contributed by atoms with Gasteiger partial charge in [-0.25, -0.2) is 0 Å². The van der Waals surface area contributed by atoms with Crippen LogP contribution in [-0.4, -0.2) is 0 Å². The third-order valence-electron chi connectivity index (χ3n) is 1.39. The summed E-state index contributed by atoms with van der Waals surface area (Å²) in [4.78, 5) is 0. The van der Waals surface area contributed by atoms with Gasteiger partial charge in [-0.2, -0.15) is 0 Å². The molecule has 0 saturated carbocycles. The van der Waals surface area contributed by atoms with E-state index in [0.717, 1.165) is 5.92 Å². The van der Waals surface area contributed by atoms with E-state index in [-0.39, 0.29) is 0 Å². The minimum Gasteiger partial charge on any atom is -0.137 e. The van der Waals surface area contributed by atoms with E-state index in [1.165, 1.54) is 12.8 Å². The Balaban J connectivity index is -0.000000109. The van der Waals surface area contributed by atoms with Gasteiger partial charge in [-0.15, -0.1) is 5.73 Å². The lowest BCUT2D eigenvalue weighted by molar-refractivity contribution is 0.544. The zero-order valence-corrected chi connectivity index (χ0v) is 8.91. The lowest BCUT2D eigenvalue weighted by Crippen LogP contribution is -1.85. The summed E-state index contributed by atoms with van der Waals surface area (Å²) in [6.07, 6.45) is 2.66. The SMILES string of the molecule is C=C=C.CC.CCC(C)CC. The summed E-state index contributed by atoms with van der Waals surface area (Å²) in [5, 5.41) is 0. The third kappa shape index (κ3) is 43.4. The van der Waals surface area contributed by atoms with Crippen LogP contribution in [0.2, 0.25) is 0 Å². The highest BCUT2D eigenvalue weighted by atomic mass is 13.9. The molecule has 0 radical (unpaired) electrons. The van der Waals surface area contributed by atoms with E-state index < -0.39 is 0 Å². The summed E-state index contributed by atoms with van der Waals surface area (Å²) >= 11 is 0. The highest BCUT2D eigenvalue weighted by Crippen LogP contribution is 2.02. The van der Waals surface area contributed by atoms with Crippen LogP contribution in [0.5, 0.6) is 0 Å². The molecule has 0 unspecified atom stereocenters. The van der Waals surface area contributed by atoms with E-state index >= 15 is 0 Å². The zero-order chi connectivity index (χ0) is 9.70. The maximum Gasteiger partial charge on any atom is -0.0448 e. The van der Waals surface area contributed by atoms with Gasteiger partial charge in [0.2, 0.25) is 0 Å². The maximum absolute atomic E-state index is 3.12. The van der Waals surface area contributed by atoms with Crippen LogP contribution in [0, 0.1) is 5.92 Å². The van der Waals surface area contributed by atoms with E-state index in [1.807, 2.05) is 13.8 Å². The number of hydrogen-bond acceptors (Lipinski definition) is 0. The largest absolute Gasteiger partial charge is 0.137 e. The smallest absolute Gasteiger partial charge is 0.0448 e. The van der Waals surface area contributed by atoms with Crippen LogP contribution >= 0.6 is 0 Å². The van der Waals surface area contributed by atoms with Crippen molar-refractivity contribution in [3.63, 3.8) is 0 Å². The molecule has 0 N–H and O–H groups in total. The van der Waals surface area contributed by atoms with E-state index in [4.69, 9.17) is 0 Å². The van der Waals surface area contributed by atoms with Crippen molar-refractivity contribution in [1.82, 2.24) is 0 Å². The highest BCUT2D eigenvalue weighted by Gasteiger charge is 1.88. The van der Waals surface area contributed by atoms with Crippen LogP contribution in [0.25, 0.3) is 0 Å². The van der Waals surface area contributed by atoms with Crippen LogP contribution in [0.15, 0.2) is 18.9 Å². The van der Waals surface area contributed by atoms with Crippen LogP contribution in [0.1, 0.15) is 47.5 Å². The van der Waals surface area contributed by atoms with Gasteiger partial charge in [-0.3, -0.25) is 0 Å². The van der Waals surface area contributed by atoms with Gasteiger partial charge in [0.15, 0.2) is 0 Å². The maximum atomic E-state index is 3.12. The Labute approximate surface area is 73.0 Å². The van der Waals surface area contributed by atoms with Crippen LogP contribution in [0.4, 0.5) is 0 Å². The second-order valence-electron chi connectivity index (χ2n) is 2.17. The van der Waals surface area contributed by atoms with Crippen molar-refractivity contribution in [2.45, 2.75) is 47.5 Å². The highest BCUT2D eigenvalue weighted by molar-refractivity contribution is 4.51. The average Bonchev–Trinajstić information content (AvgIpc) is 2.08. The van der Waals surface area contributed by atoms with Crippen molar-refractivity contribution >= 4 is 0 Å². The van der Waals surface area contributed by atoms with Crippen molar-refractivity contribution < 1.29 is 0 Å². The summed E-state index contributed by atoms with van der Waals surface area (Å²) in [7, 11) is 0. The summed E-state index contributed by atoms with van der Waals surface area (Å²) in [5.41, 5.74) is 2.25. The predicted octanol–water partition coefficient (Wildman–Crippen LogP) is 4.43. The van der Waals surface area contributed by atoms with Crippen molar-refractivity contribution in [3.8, 4) is 0 Å². The molecule has 0 amide bonds. The van der Waals surface area contributed by atoms with Gasteiger partial charge < -0.3 is 0 Å². The molecule has 0 aliphatic carbocycles. The standard InChI is InChI=1S/C6H14.C3H4.C2H6/c1-4-6(3)5-2;1-3-2;1-2/h6H,4-5H2,1-3H3;1-2H2;1-2H3. The molecule has 11 heavy (non-hydrogen) atoms. The summed E-state index contributed by atoms with van der Waals surface area (Å²) in [5.74, 6) is 0.935. The lowest BCUT2D eigenvalue weighted by Gasteiger charge is -1.98. The Morgan fingerprint density at radius 1 is 1.09 bits per heavy atom. The molecule has 0 saturated heterocycles. The minimum atomic E-state index is 0.935. The monoisotopic (exact) mass is 156 g/mol. The molecule has 68 valence electrons. The zero-order valence-electron chi connectivity index (χ0n) is 8.91. The fourth-order valence-electron chi connectivity index (χ4n) is 0.289. The summed E-state index contributed by atoms with van der Waals surface area (Å²) in [6, 6.07) is 0. The topological polar surface area (TPSA) is 0 Å². The fraction of sp³-hybridized carbons (Fsp3) is 0.727. The summed E-state index contributed by atoms with van der Waals surface area (Å²) in [6.45, 7) is 17.0. The first-order valence-corrected chi connectivity index (χ1v) is 4.52. The molecular formula is C11H24. The van der Waals surface area contributed by atoms with Crippen LogP contribution in [-0.2, 0) is 0 Å². The first kappa shape index (κ1) is 16.9. The van der Waals surface area contributed by atoms with Crippen LogP contribution < -0.4 is 0 Å². The van der Waals surface area contributed by atoms with E-state index in [0.29, 0.717) is 0 Å². The van der Waals surface area contributed by atoms with Gasteiger partial charge in [-0.05, 0) is 5.92 Å². The predicted molar refractivity (Wildman–Crippen MR) is 55.9 cm³/mol. The van der Waals surface area contributed by atoms with Gasteiger partial charge in [-0.1, -0.05) is 60.6 Å². The molecule has 0 aliphatic rings. The molecule has 0 rings (SSSR count). The Morgan fingerprint density at radius 3 is 1.27 bits per heavy atom. The van der Waals surface area contributed by atoms with Gasteiger partial charge >= 0.3 is 0 Å². The molecule has 0 atom stereocenters.